The Bertz CT molecular complexity index is 757. The minimum Gasteiger partial charge on any atom is -0.311 e. The Hall–Kier alpha value is -1.48. The lowest BCUT2D eigenvalue weighted by molar-refractivity contribution is -0.117. The van der Waals surface area contributed by atoms with Crippen LogP contribution < -0.4 is 4.90 Å². The van der Waals surface area contributed by atoms with Gasteiger partial charge >= 0.3 is 10.2 Å². The van der Waals surface area contributed by atoms with Crippen molar-refractivity contribution in [1.29, 1.82) is 0 Å². The van der Waals surface area contributed by atoms with Crippen LogP contribution in [0.4, 0.5) is 9.57 Å². The van der Waals surface area contributed by atoms with Gasteiger partial charge in [-0.25, -0.2) is 8.42 Å². The van der Waals surface area contributed by atoms with Crippen molar-refractivity contribution in [2.45, 2.75) is 16.6 Å². The Morgan fingerprint density at radius 3 is 2.40 bits per heavy atom. The predicted molar refractivity (Wildman–Crippen MR) is 70.3 cm³/mol. The second-order valence-corrected chi connectivity index (χ2v) is 8.21. The summed E-state index contributed by atoms with van der Waals surface area (Å²) in [4.78, 5) is 12.8. The van der Waals surface area contributed by atoms with Gasteiger partial charge < -0.3 is 4.90 Å². The number of hydrogen-bond donors (Lipinski definition) is 0. The van der Waals surface area contributed by atoms with Gasteiger partial charge in [0, 0.05) is 24.9 Å². The lowest BCUT2D eigenvalue weighted by Crippen LogP contribution is -2.27. The third-order valence-electron chi connectivity index (χ3n) is 3.05. The van der Waals surface area contributed by atoms with Gasteiger partial charge in [-0.2, -0.15) is 8.42 Å². The van der Waals surface area contributed by atoms with Gasteiger partial charge in [-0.05, 0) is 18.2 Å². The highest BCUT2D eigenvalue weighted by atomic mass is 32.3. The van der Waals surface area contributed by atoms with Crippen LogP contribution in [0.25, 0.3) is 0 Å². The Morgan fingerprint density at radius 1 is 1.25 bits per heavy atom. The first kappa shape index (κ1) is 14.9. The van der Waals surface area contributed by atoms with E-state index in [2.05, 4.69) is 0 Å². The van der Waals surface area contributed by atoms with Gasteiger partial charge in [-0.3, -0.25) is 4.79 Å². The number of nitrogens with zero attached hydrogens (tertiary/aromatic N) is 1. The molecule has 1 aliphatic heterocycles. The van der Waals surface area contributed by atoms with Crippen LogP contribution in [0.5, 0.6) is 0 Å². The molecule has 110 valence electrons. The van der Waals surface area contributed by atoms with Crippen LogP contribution in [0.2, 0.25) is 0 Å². The Labute approximate surface area is 116 Å². The molecule has 0 bridgehead atoms. The van der Waals surface area contributed by atoms with E-state index >= 15 is 0 Å². The van der Waals surface area contributed by atoms with Crippen molar-refractivity contribution < 1.29 is 25.5 Å². The fourth-order valence-electron chi connectivity index (χ4n) is 1.99. The molecule has 0 N–H and O–H groups in total. The Balaban J connectivity index is 2.36. The first-order valence-corrected chi connectivity index (χ1v) is 8.97. The minimum atomic E-state index is -4.80. The molecule has 1 aromatic carbocycles. The minimum absolute atomic E-state index is 0.00866. The summed E-state index contributed by atoms with van der Waals surface area (Å²) in [5.74, 6) is -0.554. The van der Waals surface area contributed by atoms with Crippen molar-refractivity contribution in [3.8, 4) is 0 Å². The highest BCUT2D eigenvalue weighted by Gasteiger charge is 2.39. The van der Waals surface area contributed by atoms with Crippen LogP contribution in [-0.2, 0) is 24.9 Å². The summed E-state index contributed by atoms with van der Waals surface area (Å²) >= 11 is 0. The maximum atomic E-state index is 12.9. The molecule has 1 aromatic rings. The van der Waals surface area contributed by atoms with Crippen LogP contribution in [0.3, 0.4) is 0 Å². The zero-order chi connectivity index (χ0) is 15.1. The number of anilines is 1. The van der Waals surface area contributed by atoms with Crippen LogP contribution >= 0.6 is 0 Å². The predicted octanol–water partition coefficient (Wildman–Crippen LogP) is 0.495. The number of amides is 1. The number of halogens is 1. The summed E-state index contributed by atoms with van der Waals surface area (Å²) < 4.78 is 57.5. The van der Waals surface area contributed by atoms with Crippen LogP contribution in [-0.4, -0.2) is 40.8 Å². The fourth-order valence-corrected chi connectivity index (χ4v) is 3.32. The van der Waals surface area contributed by atoms with Gasteiger partial charge in [0.1, 0.15) is 5.25 Å². The SMILES string of the molecule is CS(=O)(=O)c1cccc(N2CC(S(=O)(=O)F)CC2=O)c1. The number of rotatable bonds is 3. The molecule has 0 radical (unpaired) electrons. The molecular weight excluding hydrogens is 309 g/mol. The molecule has 0 saturated carbocycles. The second kappa shape index (κ2) is 4.81. The molecule has 0 spiro atoms. The summed E-state index contributed by atoms with van der Waals surface area (Å²) in [7, 11) is -8.24. The maximum absolute atomic E-state index is 12.9. The van der Waals surface area contributed by atoms with Crippen LogP contribution in [0.15, 0.2) is 29.2 Å². The van der Waals surface area contributed by atoms with E-state index in [1.54, 1.807) is 0 Å². The van der Waals surface area contributed by atoms with Gasteiger partial charge in [0.15, 0.2) is 9.84 Å². The molecular formula is C11H12FNO5S2. The molecule has 1 fully saturated rings. The highest BCUT2D eigenvalue weighted by Crippen LogP contribution is 2.27. The normalized spacial score (nSPS) is 20.4. The number of carbonyl (C=O) groups excluding carboxylic acids is 1. The van der Waals surface area contributed by atoms with Crippen LogP contribution in [0, 0.1) is 0 Å². The van der Waals surface area contributed by atoms with E-state index in [4.69, 9.17) is 0 Å². The molecule has 0 aromatic heterocycles. The van der Waals surface area contributed by atoms with Crippen molar-refractivity contribution in [2.75, 3.05) is 17.7 Å². The van der Waals surface area contributed by atoms with E-state index in [1.165, 1.54) is 24.3 Å². The first-order chi connectivity index (χ1) is 9.09. The number of hydrogen-bond acceptors (Lipinski definition) is 5. The third-order valence-corrected chi connectivity index (χ3v) is 5.27. The topological polar surface area (TPSA) is 88.6 Å². The van der Waals surface area contributed by atoms with Crippen molar-refractivity contribution in [2.24, 2.45) is 0 Å². The van der Waals surface area contributed by atoms with Crippen molar-refractivity contribution in [3.05, 3.63) is 24.3 Å². The molecule has 1 heterocycles. The largest absolute Gasteiger partial charge is 0.311 e. The summed E-state index contributed by atoms with van der Waals surface area (Å²) in [5.41, 5.74) is 0.240. The molecule has 1 saturated heterocycles. The monoisotopic (exact) mass is 321 g/mol. The van der Waals surface area contributed by atoms with Gasteiger partial charge in [-0.1, -0.05) is 6.07 Å². The van der Waals surface area contributed by atoms with Crippen molar-refractivity contribution >= 4 is 31.7 Å². The zero-order valence-electron chi connectivity index (χ0n) is 10.5. The van der Waals surface area contributed by atoms with Crippen molar-refractivity contribution in [3.63, 3.8) is 0 Å². The highest BCUT2D eigenvalue weighted by molar-refractivity contribution is 7.90. The van der Waals surface area contributed by atoms with E-state index in [1.807, 2.05) is 0 Å². The standard InChI is InChI=1S/C11H12FNO5S2/c1-19(15,16)9-4-2-3-8(5-9)13-7-10(6-11(13)14)20(12,17)18/h2-5,10H,6-7H2,1H3. The molecule has 9 heteroatoms. The van der Waals surface area contributed by atoms with Gasteiger partial charge in [0.25, 0.3) is 0 Å². The summed E-state index contributed by atoms with van der Waals surface area (Å²) in [5, 5.41) is -1.41. The maximum Gasteiger partial charge on any atom is 0.307 e. The third kappa shape index (κ3) is 2.98. The van der Waals surface area contributed by atoms with Crippen molar-refractivity contribution in [1.82, 2.24) is 0 Å². The molecule has 1 aliphatic rings. The summed E-state index contributed by atoms with van der Waals surface area (Å²) in [6.07, 6.45) is 0.578. The lowest BCUT2D eigenvalue weighted by atomic mass is 10.3. The number of benzene rings is 1. The van der Waals surface area contributed by atoms with E-state index in [0.29, 0.717) is 0 Å². The van der Waals surface area contributed by atoms with E-state index in [0.717, 1.165) is 11.2 Å². The molecule has 1 atom stereocenters. The fraction of sp³-hybridized carbons (Fsp3) is 0.364. The molecule has 1 unspecified atom stereocenters. The van der Waals surface area contributed by atoms with Gasteiger partial charge in [0.2, 0.25) is 5.91 Å². The quantitative estimate of drug-likeness (QED) is 0.756. The molecule has 6 nitrogen and oxygen atoms in total. The molecule has 20 heavy (non-hydrogen) atoms. The summed E-state index contributed by atoms with van der Waals surface area (Å²) in [6.45, 7) is -0.315. The molecule has 0 aliphatic carbocycles. The molecule has 2 rings (SSSR count). The second-order valence-electron chi connectivity index (χ2n) is 4.58. The van der Waals surface area contributed by atoms with E-state index in [-0.39, 0.29) is 17.1 Å². The number of sulfone groups is 1. The smallest absolute Gasteiger partial charge is 0.307 e. The summed E-state index contributed by atoms with van der Waals surface area (Å²) in [6, 6.07) is 5.54. The molecule has 1 amide bonds. The van der Waals surface area contributed by atoms with E-state index < -0.39 is 37.6 Å². The lowest BCUT2D eigenvalue weighted by Gasteiger charge is -2.16. The van der Waals surface area contributed by atoms with Gasteiger partial charge in [0.05, 0.1) is 4.90 Å². The number of carbonyl (C=O) groups is 1. The Morgan fingerprint density at radius 2 is 1.90 bits per heavy atom. The van der Waals surface area contributed by atoms with Gasteiger partial charge in [-0.15, -0.1) is 3.89 Å². The zero-order valence-corrected chi connectivity index (χ0v) is 12.1. The van der Waals surface area contributed by atoms with E-state index in [9.17, 15) is 25.5 Å². The van der Waals surface area contributed by atoms with Crippen LogP contribution in [0.1, 0.15) is 6.42 Å². The average molecular weight is 321 g/mol. The average Bonchev–Trinajstić information content (AvgIpc) is 2.70. The Kier molecular flexibility index (Phi) is 3.59. The first-order valence-electron chi connectivity index (χ1n) is 5.63.